The lowest BCUT2D eigenvalue weighted by Gasteiger charge is -2.36. The van der Waals surface area contributed by atoms with Crippen LogP contribution in [0, 0.1) is 11.3 Å². The van der Waals surface area contributed by atoms with Gasteiger partial charge in [0.25, 0.3) is 0 Å². The largest absolute Gasteiger partial charge is 0.497 e. The molecule has 2 N–H and O–H groups in total. The van der Waals surface area contributed by atoms with Crippen LogP contribution in [0.1, 0.15) is 11.5 Å². The topological polar surface area (TPSA) is 124 Å². The van der Waals surface area contributed by atoms with Gasteiger partial charge in [0.15, 0.2) is 0 Å². The van der Waals surface area contributed by atoms with E-state index in [1.165, 1.54) is 33.3 Å². The van der Waals surface area contributed by atoms with E-state index in [1.54, 1.807) is 48.5 Å². The summed E-state index contributed by atoms with van der Waals surface area (Å²) >= 11 is 0. The summed E-state index contributed by atoms with van der Waals surface area (Å²) in [6.45, 7) is 0. The Balaban J connectivity index is 2.43. The van der Waals surface area contributed by atoms with Crippen LogP contribution >= 0.6 is 0 Å². The molecule has 9 nitrogen and oxygen atoms in total. The van der Waals surface area contributed by atoms with Crippen molar-refractivity contribution in [2.45, 2.75) is 5.92 Å². The summed E-state index contributed by atoms with van der Waals surface area (Å²) < 4.78 is 20.8. The van der Waals surface area contributed by atoms with Crippen LogP contribution in [0.4, 0.5) is 5.69 Å². The molecule has 1 atom stereocenters. The quantitative estimate of drug-likeness (QED) is 0.663. The average Bonchev–Trinajstić information content (AvgIpc) is 2.87. The number of nitrogens with zero attached hydrogens (tertiary/aromatic N) is 2. The van der Waals surface area contributed by atoms with E-state index in [2.05, 4.69) is 6.07 Å². The number of hydrogen-bond acceptors (Lipinski definition) is 9. The van der Waals surface area contributed by atoms with Gasteiger partial charge < -0.3 is 24.7 Å². The van der Waals surface area contributed by atoms with Crippen LogP contribution in [-0.2, 0) is 19.1 Å². The van der Waals surface area contributed by atoms with E-state index in [-0.39, 0.29) is 22.7 Å². The fourth-order valence-corrected chi connectivity index (χ4v) is 3.73. The summed E-state index contributed by atoms with van der Waals surface area (Å²) in [5.41, 5.74) is 7.16. The first-order chi connectivity index (χ1) is 15.9. The normalized spacial score (nSPS) is 15.6. The number of hydrogen-bond donors (Lipinski definition) is 1. The molecular formula is C24H23N3O6. The van der Waals surface area contributed by atoms with Gasteiger partial charge in [-0.25, -0.2) is 9.59 Å². The first kappa shape index (κ1) is 23.2. The third-order valence-electron chi connectivity index (χ3n) is 5.24. The number of methoxy groups -OCH3 is 4. The molecule has 3 rings (SSSR count). The zero-order chi connectivity index (χ0) is 24.1. The number of allylic oxidation sites excluding steroid dienone is 1. The van der Waals surface area contributed by atoms with Crippen LogP contribution in [0.3, 0.4) is 0 Å². The van der Waals surface area contributed by atoms with Gasteiger partial charge in [0, 0.05) is 6.07 Å². The summed E-state index contributed by atoms with van der Waals surface area (Å²) in [5.74, 6) is -1.86. The highest BCUT2D eigenvalue weighted by atomic mass is 16.5. The second-order valence-corrected chi connectivity index (χ2v) is 6.87. The lowest BCUT2D eigenvalue weighted by Crippen LogP contribution is -2.40. The maximum Gasteiger partial charge on any atom is 0.355 e. The monoisotopic (exact) mass is 449 g/mol. The molecule has 9 heteroatoms. The van der Waals surface area contributed by atoms with Gasteiger partial charge in [0.1, 0.15) is 23.0 Å². The Labute approximate surface area is 191 Å². The van der Waals surface area contributed by atoms with Gasteiger partial charge in [-0.1, -0.05) is 30.3 Å². The molecule has 2 aromatic rings. The summed E-state index contributed by atoms with van der Waals surface area (Å²) in [4.78, 5) is 27.4. The molecule has 0 saturated heterocycles. The number of benzene rings is 2. The Kier molecular flexibility index (Phi) is 6.88. The van der Waals surface area contributed by atoms with Crippen LogP contribution in [-0.4, -0.2) is 40.4 Å². The Morgan fingerprint density at radius 3 is 2.18 bits per heavy atom. The van der Waals surface area contributed by atoms with Gasteiger partial charge in [0.05, 0.1) is 57.3 Å². The highest BCUT2D eigenvalue weighted by molar-refractivity contribution is 6.06. The molecule has 1 heterocycles. The molecule has 2 aromatic carbocycles. The van der Waals surface area contributed by atoms with Crippen LogP contribution in [0.5, 0.6) is 11.5 Å². The molecular weight excluding hydrogens is 426 g/mol. The molecule has 1 unspecified atom stereocenters. The number of rotatable bonds is 6. The third kappa shape index (κ3) is 4.06. The SMILES string of the molecule is COC(=O)C1=C(C(=O)OC)N(c2ccc(OC)cc2OC)C(N)=C(C#N)C1c1ccccc1. The molecule has 0 aromatic heterocycles. The molecule has 1 aliphatic heterocycles. The van der Waals surface area contributed by atoms with Crippen molar-refractivity contribution in [1.29, 1.82) is 5.26 Å². The molecule has 170 valence electrons. The summed E-state index contributed by atoms with van der Waals surface area (Å²) in [6.07, 6.45) is 0. The van der Waals surface area contributed by atoms with Crippen molar-refractivity contribution < 1.29 is 28.5 Å². The van der Waals surface area contributed by atoms with E-state index >= 15 is 0 Å². The lowest BCUT2D eigenvalue weighted by atomic mass is 9.81. The van der Waals surface area contributed by atoms with E-state index < -0.39 is 17.9 Å². The smallest absolute Gasteiger partial charge is 0.355 e. The fraction of sp³-hybridized carbons (Fsp3) is 0.208. The van der Waals surface area contributed by atoms with E-state index in [9.17, 15) is 14.9 Å². The Bertz CT molecular complexity index is 1180. The molecule has 0 aliphatic carbocycles. The molecule has 0 fully saturated rings. The predicted octanol–water partition coefficient (Wildman–Crippen LogP) is 2.60. The number of anilines is 1. The van der Waals surface area contributed by atoms with Gasteiger partial charge in [-0.3, -0.25) is 4.90 Å². The van der Waals surface area contributed by atoms with Crippen molar-refractivity contribution in [3.63, 3.8) is 0 Å². The van der Waals surface area contributed by atoms with Gasteiger partial charge in [-0.05, 0) is 17.7 Å². The molecule has 1 aliphatic rings. The minimum Gasteiger partial charge on any atom is -0.497 e. The summed E-state index contributed by atoms with van der Waals surface area (Å²) in [7, 11) is 5.31. The van der Waals surface area contributed by atoms with E-state index in [0.29, 0.717) is 22.7 Å². The fourth-order valence-electron chi connectivity index (χ4n) is 3.73. The van der Waals surface area contributed by atoms with Crippen molar-refractivity contribution in [3.8, 4) is 17.6 Å². The van der Waals surface area contributed by atoms with Crippen molar-refractivity contribution >= 4 is 17.6 Å². The predicted molar refractivity (Wildman–Crippen MR) is 119 cm³/mol. The number of carbonyl (C=O) groups is 2. The number of ether oxygens (including phenoxy) is 4. The third-order valence-corrected chi connectivity index (χ3v) is 5.24. The zero-order valence-corrected chi connectivity index (χ0v) is 18.6. The second kappa shape index (κ2) is 9.78. The van der Waals surface area contributed by atoms with Crippen molar-refractivity contribution in [3.05, 3.63) is 76.8 Å². The second-order valence-electron chi connectivity index (χ2n) is 6.87. The minimum absolute atomic E-state index is 0.0529. The van der Waals surface area contributed by atoms with Gasteiger partial charge >= 0.3 is 11.9 Å². The van der Waals surface area contributed by atoms with E-state index in [1.807, 2.05) is 0 Å². The maximum absolute atomic E-state index is 13.1. The van der Waals surface area contributed by atoms with Crippen LogP contribution in [0.25, 0.3) is 0 Å². The number of nitrogens with two attached hydrogens (primary N) is 1. The maximum atomic E-state index is 13.1. The molecule has 0 radical (unpaired) electrons. The minimum atomic E-state index is -0.946. The van der Waals surface area contributed by atoms with Crippen molar-refractivity contribution in [1.82, 2.24) is 0 Å². The van der Waals surface area contributed by atoms with Crippen LogP contribution < -0.4 is 20.1 Å². The van der Waals surface area contributed by atoms with E-state index in [4.69, 9.17) is 24.7 Å². The van der Waals surface area contributed by atoms with Gasteiger partial charge in [-0.15, -0.1) is 0 Å². The number of nitriles is 1. The highest BCUT2D eigenvalue weighted by Gasteiger charge is 2.43. The molecule has 0 saturated carbocycles. The molecule has 0 bridgehead atoms. The zero-order valence-electron chi connectivity index (χ0n) is 18.6. The Morgan fingerprint density at radius 2 is 1.64 bits per heavy atom. The summed E-state index contributed by atoms with van der Waals surface area (Å²) in [6, 6.07) is 15.7. The number of carbonyl (C=O) groups excluding carboxylic acids is 2. The van der Waals surface area contributed by atoms with Crippen molar-refractivity contribution in [2.75, 3.05) is 33.3 Å². The van der Waals surface area contributed by atoms with Crippen LogP contribution in [0.2, 0.25) is 0 Å². The first-order valence-electron chi connectivity index (χ1n) is 9.81. The lowest BCUT2D eigenvalue weighted by molar-refractivity contribution is -0.139. The highest BCUT2D eigenvalue weighted by Crippen LogP contribution is 2.45. The van der Waals surface area contributed by atoms with Crippen LogP contribution in [0.15, 0.2) is 71.2 Å². The summed E-state index contributed by atoms with van der Waals surface area (Å²) in [5, 5.41) is 10.1. The Hall–Kier alpha value is -4.45. The molecule has 0 amide bonds. The van der Waals surface area contributed by atoms with Crippen molar-refractivity contribution in [2.24, 2.45) is 5.73 Å². The molecule has 0 spiro atoms. The van der Waals surface area contributed by atoms with Gasteiger partial charge in [0.2, 0.25) is 0 Å². The number of esters is 2. The average molecular weight is 449 g/mol. The standard InChI is InChI=1S/C24H23N3O6/c1-30-15-10-11-17(18(12-15)31-2)27-21(24(29)33-4)20(23(28)32-3)19(16(13-25)22(27)26)14-8-6-5-7-9-14/h5-12,19H,26H2,1-4H3. The molecule has 33 heavy (non-hydrogen) atoms. The first-order valence-corrected chi connectivity index (χ1v) is 9.81. The van der Waals surface area contributed by atoms with E-state index in [0.717, 1.165) is 0 Å². The van der Waals surface area contributed by atoms with Gasteiger partial charge in [-0.2, -0.15) is 5.26 Å². The Morgan fingerprint density at radius 1 is 0.970 bits per heavy atom.